The molecule has 2 aliphatic rings. The molecule has 0 amide bonds. The van der Waals surface area contributed by atoms with Gasteiger partial charge in [0.2, 0.25) is 5.54 Å². The molecule has 1 heterocycles. The lowest BCUT2D eigenvalue weighted by Crippen LogP contribution is -2.70. The van der Waals surface area contributed by atoms with E-state index >= 15 is 0 Å². The topological polar surface area (TPSA) is 12.0 Å². The number of piperidine rings is 1. The fourth-order valence-corrected chi connectivity index (χ4v) is 4.24. The number of fused-ring (bicyclic) bond motifs is 2. The molecule has 9 heteroatoms. The Balaban J connectivity index is 2.48. The highest BCUT2D eigenvalue weighted by atomic mass is 79.9. The van der Waals surface area contributed by atoms with E-state index < -0.39 is 40.1 Å². The Hall–Kier alpha value is 0.310. The normalized spacial score (nSPS) is 40.9. The van der Waals surface area contributed by atoms with Crippen LogP contribution in [0.15, 0.2) is 0 Å². The van der Waals surface area contributed by atoms with Gasteiger partial charge in [-0.1, -0.05) is 15.9 Å². The Morgan fingerprint density at radius 3 is 1.82 bits per heavy atom. The largest absolute Gasteiger partial charge is 0.415 e. The van der Waals surface area contributed by atoms with Crippen LogP contribution in [0.1, 0.15) is 6.42 Å². The summed E-state index contributed by atoms with van der Waals surface area (Å²) in [4.78, 5) is -0.465. The van der Waals surface area contributed by atoms with Gasteiger partial charge in [-0.15, -0.1) is 11.6 Å². The molecule has 0 spiro atoms. The lowest BCUT2D eigenvalue weighted by molar-refractivity contribution is -0.318. The van der Waals surface area contributed by atoms with Crippen LogP contribution in [0.5, 0.6) is 0 Å². The fourth-order valence-electron chi connectivity index (χ4n) is 2.67. The molecule has 1 aliphatic carbocycles. The molecule has 1 nitrogen and oxygen atoms in total. The molecule has 1 aliphatic heterocycles. The molecule has 17 heavy (non-hydrogen) atoms. The predicted molar refractivity (Wildman–Crippen MR) is 52.2 cm³/mol. The summed E-state index contributed by atoms with van der Waals surface area (Å²) in [5, 5.41) is 0.476. The number of hydrogen-bond donors (Lipinski definition) is 1. The summed E-state index contributed by atoms with van der Waals surface area (Å²) in [6.07, 6.45) is -11.1. The van der Waals surface area contributed by atoms with Crippen molar-refractivity contribution in [3.05, 3.63) is 0 Å². The van der Waals surface area contributed by atoms with Crippen LogP contribution in [0.25, 0.3) is 0 Å². The van der Waals surface area contributed by atoms with E-state index in [4.69, 9.17) is 11.6 Å². The summed E-state index contributed by atoms with van der Waals surface area (Å²) < 4.78 is 76.9. The third-order valence-electron chi connectivity index (χ3n) is 3.44. The molecule has 1 saturated carbocycles. The third-order valence-corrected chi connectivity index (χ3v) is 4.96. The summed E-state index contributed by atoms with van der Waals surface area (Å²) in [7, 11) is 0. The average molecular weight is 346 g/mol. The molecule has 4 atom stereocenters. The van der Waals surface area contributed by atoms with Crippen LogP contribution in [0.2, 0.25) is 0 Å². The zero-order chi connectivity index (χ0) is 13.2. The van der Waals surface area contributed by atoms with Gasteiger partial charge in [-0.05, 0) is 6.42 Å². The summed E-state index contributed by atoms with van der Waals surface area (Å²) in [5.74, 6) is -1.70. The monoisotopic (exact) mass is 345 g/mol. The van der Waals surface area contributed by atoms with Crippen molar-refractivity contribution in [3.63, 3.8) is 0 Å². The zero-order valence-electron chi connectivity index (χ0n) is 8.04. The molecular weight excluding hydrogens is 339 g/mol. The van der Waals surface area contributed by atoms with Crippen LogP contribution in [0, 0.1) is 5.92 Å². The highest BCUT2D eigenvalue weighted by Gasteiger charge is 2.81. The molecule has 0 aromatic rings. The van der Waals surface area contributed by atoms with Crippen molar-refractivity contribution in [2.45, 2.75) is 40.6 Å². The highest BCUT2D eigenvalue weighted by Crippen LogP contribution is 2.59. The highest BCUT2D eigenvalue weighted by molar-refractivity contribution is 9.09. The molecule has 0 aromatic heterocycles. The molecule has 0 aromatic carbocycles. The average Bonchev–Trinajstić information content (AvgIpc) is 2.53. The van der Waals surface area contributed by atoms with Crippen molar-refractivity contribution >= 4 is 27.5 Å². The van der Waals surface area contributed by atoms with E-state index in [0.717, 1.165) is 0 Å². The standard InChI is InChI=1S/C8H7BrClF6N/c9-3-1-2-4(10)5(3)17-6(2,7(11,12)13)8(14,15)16/h2-5,17H,1H2/t2-,3-,4+,5-/m0/s1. The van der Waals surface area contributed by atoms with Crippen molar-refractivity contribution in [2.75, 3.05) is 0 Å². The lowest BCUT2D eigenvalue weighted by atomic mass is 9.82. The van der Waals surface area contributed by atoms with Gasteiger partial charge in [-0.2, -0.15) is 26.3 Å². The second kappa shape index (κ2) is 3.66. The van der Waals surface area contributed by atoms with Gasteiger partial charge in [-0.25, -0.2) is 0 Å². The van der Waals surface area contributed by atoms with Gasteiger partial charge < -0.3 is 0 Å². The van der Waals surface area contributed by atoms with Gasteiger partial charge >= 0.3 is 12.4 Å². The Labute approximate surface area is 106 Å². The number of rotatable bonds is 0. The first-order valence-electron chi connectivity index (χ1n) is 4.71. The minimum Gasteiger partial charge on any atom is -0.290 e. The van der Waals surface area contributed by atoms with Crippen molar-refractivity contribution in [1.82, 2.24) is 5.32 Å². The van der Waals surface area contributed by atoms with E-state index in [2.05, 4.69) is 15.9 Å². The first-order valence-corrected chi connectivity index (χ1v) is 6.07. The molecule has 0 radical (unpaired) electrons. The Kier molecular flexibility index (Phi) is 2.96. The van der Waals surface area contributed by atoms with Crippen LogP contribution in [0.4, 0.5) is 26.3 Å². The first-order chi connectivity index (χ1) is 7.52. The quantitative estimate of drug-likeness (QED) is 0.525. The number of hydrogen-bond acceptors (Lipinski definition) is 1. The van der Waals surface area contributed by atoms with Gasteiger partial charge in [0.05, 0.1) is 5.38 Å². The maximum absolute atomic E-state index is 12.8. The van der Waals surface area contributed by atoms with Crippen LogP contribution < -0.4 is 5.32 Å². The summed E-state index contributed by atoms with van der Waals surface area (Å²) in [6.45, 7) is 0. The molecule has 2 rings (SSSR count). The fraction of sp³-hybridized carbons (Fsp3) is 1.00. The van der Waals surface area contributed by atoms with Crippen molar-refractivity contribution in [3.8, 4) is 0 Å². The zero-order valence-corrected chi connectivity index (χ0v) is 10.4. The maximum Gasteiger partial charge on any atom is 0.415 e. The minimum absolute atomic E-state index is 0.245. The maximum atomic E-state index is 12.8. The smallest absolute Gasteiger partial charge is 0.290 e. The van der Waals surface area contributed by atoms with E-state index in [0.29, 0.717) is 0 Å². The summed E-state index contributed by atoms with van der Waals surface area (Å²) in [6, 6.07) is -1.02. The van der Waals surface area contributed by atoms with Gasteiger partial charge in [0.1, 0.15) is 0 Å². The van der Waals surface area contributed by atoms with Crippen LogP contribution in [-0.2, 0) is 0 Å². The molecule has 1 saturated heterocycles. The second-order valence-corrected chi connectivity index (χ2v) is 5.96. The minimum atomic E-state index is -5.41. The first kappa shape index (κ1) is 13.7. The number of halogens is 8. The summed E-state index contributed by atoms with van der Waals surface area (Å²) >= 11 is 8.71. The van der Waals surface area contributed by atoms with Crippen LogP contribution in [0.3, 0.4) is 0 Å². The number of nitrogens with one attached hydrogen (secondary N) is 1. The Morgan fingerprint density at radius 1 is 1.12 bits per heavy atom. The van der Waals surface area contributed by atoms with E-state index in [1.165, 1.54) is 0 Å². The van der Waals surface area contributed by atoms with E-state index in [1.807, 2.05) is 0 Å². The Bertz CT molecular complexity index is 315. The van der Waals surface area contributed by atoms with Gasteiger partial charge in [0.15, 0.2) is 0 Å². The molecular formula is C8H7BrClF6N. The van der Waals surface area contributed by atoms with Crippen LogP contribution in [-0.4, -0.2) is 34.1 Å². The molecule has 1 N–H and O–H groups in total. The van der Waals surface area contributed by atoms with E-state index in [9.17, 15) is 26.3 Å². The van der Waals surface area contributed by atoms with Crippen molar-refractivity contribution in [2.24, 2.45) is 5.92 Å². The van der Waals surface area contributed by atoms with E-state index in [1.54, 1.807) is 5.32 Å². The summed E-state index contributed by atoms with van der Waals surface area (Å²) in [5.41, 5.74) is -3.87. The Morgan fingerprint density at radius 2 is 1.59 bits per heavy atom. The number of alkyl halides is 8. The molecule has 2 bridgehead atoms. The third kappa shape index (κ3) is 1.63. The molecule has 100 valence electrons. The van der Waals surface area contributed by atoms with Gasteiger partial charge in [0, 0.05) is 16.8 Å². The van der Waals surface area contributed by atoms with Gasteiger partial charge in [-0.3, -0.25) is 5.32 Å². The SMILES string of the molecule is FC(F)(F)C1(C(F)(F)F)N[C@@H]2[C@H](Cl)[C@@H]1C[C@@H]2Br. The molecule has 0 unspecified atom stereocenters. The van der Waals surface area contributed by atoms with Crippen LogP contribution >= 0.6 is 27.5 Å². The van der Waals surface area contributed by atoms with Crippen molar-refractivity contribution < 1.29 is 26.3 Å². The lowest BCUT2D eigenvalue weighted by Gasteiger charge is -2.41. The predicted octanol–water partition coefficient (Wildman–Crippen LogP) is 3.21. The van der Waals surface area contributed by atoms with E-state index in [-0.39, 0.29) is 6.42 Å². The molecule has 2 fully saturated rings. The van der Waals surface area contributed by atoms with Crippen molar-refractivity contribution in [1.29, 1.82) is 0 Å². The van der Waals surface area contributed by atoms with Gasteiger partial charge in [0.25, 0.3) is 0 Å². The second-order valence-electron chi connectivity index (χ2n) is 4.28.